The van der Waals surface area contributed by atoms with Gasteiger partial charge in [-0.1, -0.05) is 12.1 Å². The van der Waals surface area contributed by atoms with E-state index in [1.807, 2.05) is 15.9 Å². The zero-order chi connectivity index (χ0) is 19.2. The van der Waals surface area contributed by atoms with E-state index in [2.05, 4.69) is 5.32 Å². The lowest BCUT2D eigenvalue weighted by Gasteiger charge is -2.34. The second kappa shape index (κ2) is 8.88. The van der Waals surface area contributed by atoms with Gasteiger partial charge in [-0.05, 0) is 49.8 Å². The van der Waals surface area contributed by atoms with Crippen LogP contribution in [0.1, 0.15) is 41.6 Å². The number of rotatable bonds is 5. The van der Waals surface area contributed by atoms with Gasteiger partial charge in [-0.25, -0.2) is 4.79 Å². The average Bonchev–Trinajstić information content (AvgIpc) is 3.22. The Hall–Kier alpha value is -2.57. The topological polar surface area (TPSA) is 95.7 Å². The molecule has 2 fully saturated rings. The summed E-state index contributed by atoms with van der Waals surface area (Å²) >= 11 is 0. The summed E-state index contributed by atoms with van der Waals surface area (Å²) in [6.45, 7) is 3.53. The lowest BCUT2D eigenvalue weighted by molar-refractivity contribution is -0.126. The van der Waals surface area contributed by atoms with Crippen molar-refractivity contribution in [1.82, 2.24) is 15.1 Å². The van der Waals surface area contributed by atoms with Crippen molar-refractivity contribution < 1.29 is 14.4 Å². The number of nitrogens with zero attached hydrogens (tertiary/aromatic N) is 2. The maximum absolute atomic E-state index is 12.4. The molecule has 1 aromatic rings. The van der Waals surface area contributed by atoms with E-state index in [1.165, 1.54) is 0 Å². The van der Waals surface area contributed by atoms with E-state index in [9.17, 15) is 14.4 Å². The van der Waals surface area contributed by atoms with E-state index in [0.717, 1.165) is 31.5 Å². The number of hydrogen-bond donors (Lipinski definition) is 2. The zero-order valence-electron chi connectivity index (χ0n) is 15.7. The summed E-state index contributed by atoms with van der Waals surface area (Å²) in [6, 6.07) is 7.28. The van der Waals surface area contributed by atoms with E-state index in [-0.39, 0.29) is 17.9 Å². The van der Waals surface area contributed by atoms with Crippen molar-refractivity contribution >= 4 is 17.8 Å². The van der Waals surface area contributed by atoms with Gasteiger partial charge in [0.15, 0.2) is 0 Å². The molecular weight excluding hydrogens is 344 g/mol. The van der Waals surface area contributed by atoms with E-state index in [0.29, 0.717) is 44.5 Å². The lowest BCUT2D eigenvalue weighted by Crippen LogP contribution is -2.47. The first-order valence-corrected chi connectivity index (χ1v) is 9.75. The number of carbonyl (C=O) groups excluding carboxylic acids is 3. The maximum atomic E-state index is 12.4. The Morgan fingerprint density at radius 3 is 2.37 bits per heavy atom. The molecule has 27 heavy (non-hydrogen) atoms. The van der Waals surface area contributed by atoms with E-state index in [4.69, 9.17) is 5.73 Å². The van der Waals surface area contributed by atoms with Crippen LogP contribution in [-0.4, -0.2) is 60.4 Å². The number of amides is 4. The SMILES string of the molecule is NC(=O)c1cccc(CCNC(=O)C2CCN(C(=O)N3CCCC3)CC2)c1. The number of piperidine rings is 1. The quantitative estimate of drug-likeness (QED) is 0.817. The molecular formula is C20H28N4O3. The lowest BCUT2D eigenvalue weighted by atomic mass is 9.96. The number of carbonyl (C=O) groups is 3. The molecule has 2 aliphatic rings. The van der Waals surface area contributed by atoms with Crippen LogP contribution in [0.3, 0.4) is 0 Å². The van der Waals surface area contributed by atoms with Crippen molar-refractivity contribution in [2.24, 2.45) is 11.7 Å². The minimum Gasteiger partial charge on any atom is -0.366 e. The minimum absolute atomic E-state index is 0.0374. The first kappa shape index (κ1) is 19.2. The largest absolute Gasteiger partial charge is 0.366 e. The highest BCUT2D eigenvalue weighted by atomic mass is 16.2. The molecule has 0 unspecified atom stereocenters. The predicted octanol–water partition coefficient (Wildman–Crippen LogP) is 1.37. The van der Waals surface area contributed by atoms with Crippen molar-refractivity contribution in [3.63, 3.8) is 0 Å². The van der Waals surface area contributed by atoms with E-state index >= 15 is 0 Å². The molecule has 4 amide bonds. The predicted molar refractivity (Wildman–Crippen MR) is 102 cm³/mol. The number of likely N-dealkylation sites (tertiary alicyclic amines) is 2. The van der Waals surface area contributed by atoms with Gasteiger partial charge in [0.05, 0.1) is 0 Å². The Labute approximate surface area is 159 Å². The molecule has 0 radical (unpaired) electrons. The highest BCUT2D eigenvalue weighted by Crippen LogP contribution is 2.20. The molecule has 0 bridgehead atoms. The summed E-state index contributed by atoms with van der Waals surface area (Å²) in [4.78, 5) is 39.8. The highest BCUT2D eigenvalue weighted by molar-refractivity contribution is 5.92. The minimum atomic E-state index is -0.448. The molecule has 3 rings (SSSR count). The van der Waals surface area contributed by atoms with Crippen LogP contribution in [0.25, 0.3) is 0 Å². The van der Waals surface area contributed by atoms with Gasteiger partial charge >= 0.3 is 6.03 Å². The van der Waals surface area contributed by atoms with Crippen LogP contribution in [0, 0.1) is 5.92 Å². The fourth-order valence-electron chi connectivity index (χ4n) is 3.80. The van der Waals surface area contributed by atoms with Gasteiger partial charge in [-0.15, -0.1) is 0 Å². The van der Waals surface area contributed by atoms with Gasteiger partial charge in [0.1, 0.15) is 0 Å². The second-order valence-corrected chi connectivity index (χ2v) is 7.34. The Morgan fingerprint density at radius 1 is 1.04 bits per heavy atom. The number of primary amides is 1. The van der Waals surface area contributed by atoms with Crippen LogP contribution in [0.5, 0.6) is 0 Å². The molecule has 2 heterocycles. The Balaban J connectivity index is 1.40. The molecule has 1 aromatic carbocycles. The van der Waals surface area contributed by atoms with Crippen LogP contribution in [-0.2, 0) is 11.2 Å². The summed E-state index contributed by atoms with van der Waals surface area (Å²) in [5.41, 5.74) is 6.74. The van der Waals surface area contributed by atoms with Gasteiger partial charge in [0, 0.05) is 44.2 Å². The van der Waals surface area contributed by atoms with Crippen molar-refractivity contribution in [3.8, 4) is 0 Å². The smallest absolute Gasteiger partial charge is 0.319 e. The third kappa shape index (κ3) is 4.99. The third-order valence-electron chi connectivity index (χ3n) is 5.44. The van der Waals surface area contributed by atoms with Crippen molar-refractivity contribution in [3.05, 3.63) is 35.4 Å². The Bertz CT molecular complexity index is 692. The van der Waals surface area contributed by atoms with Gasteiger partial charge in [-0.3, -0.25) is 9.59 Å². The molecule has 2 aliphatic heterocycles. The maximum Gasteiger partial charge on any atom is 0.319 e. The van der Waals surface area contributed by atoms with Crippen LogP contribution in [0.4, 0.5) is 4.79 Å². The van der Waals surface area contributed by atoms with Crippen LogP contribution >= 0.6 is 0 Å². The molecule has 2 saturated heterocycles. The standard InChI is InChI=1S/C20H28N4O3/c21-18(25)17-5-3-4-15(14-17)6-9-22-19(26)16-7-12-24(13-8-16)20(27)23-10-1-2-11-23/h3-5,14,16H,1-2,6-13H2,(H2,21,25)(H,22,26). The first-order valence-electron chi connectivity index (χ1n) is 9.75. The molecule has 0 aliphatic carbocycles. The van der Waals surface area contributed by atoms with Gasteiger partial charge in [0.2, 0.25) is 11.8 Å². The van der Waals surface area contributed by atoms with E-state index in [1.54, 1.807) is 18.2 Å². The molecule has 146 valence electrons. The molecule has 7 heteroatoms. The van der Waals surface area contributed by atoms with Crippen LogP contribution in [0.15, 0.2) is 24.3 Å². The molecule has 0 aromatic heterocycles. The second-order valence-electron chi connectivity index (χ2n) is 7.34. The molecule has 0 saturated carbocycles. The Kier molecular flexibility index (Phi) is 6.32. The van der Waals surface area contributed by atoms with Gasteiger partial charge in [0.25, 0.3) is 0 Å². The normalized spacial score (nSPS) is 17.8. The summed E-state index contributed by atoms with van der Waals surface area (Å²) < 4.78 is 0. The number of benzene rings is 1. The Morgan fingerprint density at radius 2 is 1.70 bits per heavy atom. The van der Waals surface area contributed by atoms with Crippen LogP contribution in [0.2, 0.25) is 0 Å². The number of hydrogen-bond acceptors (Lipinski definition) is 3. The summed E-state index contributed by atoms with van der Waals surface area (Å²) in [5, 5.41) is 2.98. The van der Waals surface area contributed by atoms with Crippen molar-refractivity contribution in [2.75, 3.05) is 32.7 Å². The van der Waals surface area contributed by atoms with Crippen LogP contribution < -0.4 is 11.1 Å². The molecule has 0 atom stereocenters. The molecule has 7 nitrogen and oxygen atoms in total. The summed E-state index contributed by atoms with van der Waals surface area (Å²) in [7, 11) is 0. The van der Waals surface area contributed by atoms with Crippen molar-refractivity contribution in [2.45, 2.75) is 32.1 Å². The highest BCUT2D eigenvalue weighted by Gasteiger charge is 2.30. The zero-order valence-corrected chi connectivity index (χ0v) is 15.7. The fraction of sp³-hybridized carbons (Fsp3) is 0.550. The summed E-state index contributed by atoms with van der Waals surface area (Å²) in [5.74, 6) is -0.435. The monoisotopic (exact) mass is 372 g/mol. The number of urea groups is 1. The molecule has 3 N–H and O–H groups in total. The van der Waals surface area contributed by atoms with Crippen molar-refractivity contribution in [1.29, 1.82) is 0 Å². The fourth-order valence-corrected chi connectivity index (χ4v) is 3.80. The number of nitrogens with two attached hydrogens (primary N) is 1. The third-order valence-corrected chi connectivity index (χ3v) is 5.44. The van der Waals surface area contributed by atoms with Gasteiger partial charge in [-0.2, -0.15) is 0 Å². The number of nitrogens with one attached hydrogen (secondary N) is 1. The van der Waals surface area contributed by atoms with Gasteiger partial charge < -0.3 is 20.9 Å². The summed E-state index contributed by atoms with van der Waals surface area (Å²) in [6.07, 6.45) is 4.25. The molecule has 0 spiro atoms. The van der Waals surface area contributed by atoms with E-state index < -0.39 is 5.91 Å². The average molecular weight is 372 g/mol. The first-order chi connectivity index (χ1) is 13.0.